The lowest BCUT2D eigenvalue weighted by Crippen LogP contribution is -2.34. The fraction of sp³-hybridized carbons (Fsp3) is 0.909. The predicted molar refractivity (Wildman–Crippen MR) is 57.8 cm³/mol. The highest BCUT2D eigenvalue weighted by Crippen LogP contribution is 2.27. The van der Waals surface area contributed by atoms with Crippen molar-refractivity contribution in [3.05, 3.63) is 0 Å². The summed E-state index contributed by atoms with van der Waals surface area (Å²) < 4.78 is 0. The van der Waals surface area contributed by atoms with E-state index in [2.05, 4.69) is 4.90 Å². The molecule has 0 aromatic rings. The number of rotatable bonds is 7. The Bertz CT molecular complexity index is 218. The van der Waals surface area contributed by atoms with Crippen molar-refractivity contribution in [2.24, 2.45) is 0 Å². The molecule has 1 rings (SSSR count). The molecule has 0 radical (unpaired) electrons. The molecule has 88 valence electrons. The Morgan fingerprint density at radius 1 is 1.40 bits per heavy atom. The van der Waals surface area contributed by atoms with Gasteiger partial charge in [-0.2, -0.15) is 0 Å². The van der Waals surface area contributed by atoms with Gasteiger partial charge in [-0.15, -0.1) is 0 Å². The summed E-state index contributed by atoms with van der Waals surface area (Å²) in [6, 6.07) is 0.562. The van der Waals surface area contributed by atoms with Gasteiger partial charge in [0.2, 0.25) is 0 Å². The normalized spacial score (nSPS) is 17.1. The van der Waals surface area contributed by atoms with Crippen LogP contribution in [-0.4, -0.2) is 45.8 Å². The second-order valence-electron chi connectivity index (χ2n) is 4.97. The van der Waals surface area contributed by atoms with Crippen LogP contribution in [0.15, 0.2) is 0 Å². The minimum Gasteiger partial charge on any atom is -0.481 e. The van der Waals surface area contributed by atoms with Gasteiger partial charge in [0.05, 0.1) is 12.0 Å². The molecule has 4 nitrogen and oxygen atoms in total. The van der Waals surface area contributed by atoms with Gasteiger partial charge in [-0.05, 0) is 33.1 Å². The molecule has 0 aromatic heterocycles. The summed E-state index contributed by atoms with van der Waals surface area (Å²) in [6.45, 7) is 4.97. The lowest BCUT2D eigenvalue weighted by Gasteiger charge is -2.25. The summed E-state index contributed by atoms with van der Waals surface area (Å²) in [5.41, 5.74) is -0.656. The highest BCUT2D eigenvalue weighted by atomic mass is 16.4. The minimum absolute atomic E-state index is 0.197. The van der Waals surface area contributed by atoms with Crippen LogP contribution in [0.25, 0.3) is 0 Å². The molecule has 15 heavy (non-hydrogen) atoms. The van der Waals surface area contributed by atoms with Crippen molar-refractivity contribution < 1.29 is 15.0 Å². The summed E-state index contributed by atoms with van der Waals surface area (Å²) in [5.74, 6) is -0.746. The maximum atomic E-state index is 10.5. The zero-order chi connectivity index (χ0) is 11.5. The molecular weight excluding hydrogens is 194 g/mol. The van der Waals surface area contributed by atoms with Crippen LogP contribution >= 0.6 is 0 Å². The van der Waals surface area contributed by atoms with Crippen LogP contribution in [0.4, 0.5) is 0 Å². The highest BCUT2D eigenvalue weighted by molar-refractivity contribution is 5.66. The lowest BCUT2D eigenvalue weighted by atomic mass is 10.1. The zero-order valence-corrected chi connectivity index (χ0v) is 9.57. The van der Waals surface area contributed by atoms with Crippen molar-refractivity contribution in [1.29, 1.82) is 0 Å². The number of hydrogen-bond donors (Lipinski definition) is 2. The van der Waals surface area contributed by atoms with Crippen molar-refractivity contribution in [2.75, 3.05) is 13.1 Å². The van der Waals surface area contributed by atoms with E-state index in [1.165, 1.54) is 12.8 Å². The third-order valence-corrected chi connectivity index (χ3v) is 2.69. The van der Waals surface area contributed by atoms with Crippen molar-refractivity contribution >= 4 is 5.97 Å². The van der Waals surface area contributed by atoms with Gasteiger partial charge in [0, 0.05) is 19.1 Å². The number of carboxylic acids is 1. The number of aliphatic hydroxyl groups is 1. The number of aliphatic carboxylic acids is 1. The number of carbonyl (C=O) groups is 1. The molecule has 0 aromatic carbocycles. The Morgan fingerprint density at radius 2 is 2.00 bits per heavy atom. The van der Waals surface area contributed by atoms with Crippen LogP contribution in [0.3, 0.4) is 0 Å². The standard InChI is InChI=1S/C11H21NO3/c1-11(2,15)6-8-12(9-3-4-9)7-5-10(13)14/h9,15H,3-8H2,1-2H3,(H,13,14). The van der Waals surface area contributed by atoms with Crippen LogP contribution in [-0.2, 0) is 4.79 Å². The lowest BCUT2D eigenvalue weighted by molar-refractivity contribution is -0.137. The van der Waals surface area contributed by atoms with Crippen LogP contribution < -0.4 is 0 Å². The summed E-state index contributed by atoms with van der Waals surface area (Å²) >= 11 is 0. The van der Waals surface area contributed by atoms with Crippen molar-refractivity contribution in [1.82, 2.24) is 4.90 Å². The molecule has 0 amide bonds. The Labute approximate surface area is 90.9 Å². The number of nitrogens with zero attached hydrogens (tertiary/aromatic N) is 1. The minimum atomic E-state index is -0.746. The molecule has 0 bridgehead atoms. The van der Waals surface area contributed by atoms with Gasteiger partial charge in [0.1, 0.15) is 0 Å². The first-order valence-electron chi connectivity index (χ1n) is 5.57. The molecule has 2 N–H and O–H groups in total. The molecule has 1 saturated carbocycles. The third-order valence-electron chi connectivity index (χ3n) is 2.69. The molecule has 0 atom stereocenters. The molecule has 1 aliphatic carbocycles. The molecule has 0 unspecified atom stereocenters. The molecule has 1 aliphatic rings. The van der Waals surface area contributed by atoms with Gasteiger partial charge in [0.25, 0.3) is 0 Å². The topological polar surface area (TPSA) is 60.8 Å². The summed E-state index contributed by atoms with van der Waals surface area (Å²) in [6.07, 6.45) is 3.24. The first kappa shape index (κ1) is 12.5. The van der Waals surface area contributed by atoms with E-state index in [1.807, 2.05) is 0 Å². The average molecular weight is 215 g/mol. The van der Waals surface area contributed by atoms with E-state index < -0.39 is 11.6 Å². The van der Waals surface area contributed by atoms with Gasteiger partial charge in [0.15, 0.2) is 0 Å². The quantitative estimate of drug-likeness (QED) is 0.667. The van der Waals surface area contributed by atoms with Gasteiger partial charge in [-0.25, -0.2) is 0 Å². The van der Waals surface area contributed by atoms with E-state index in [4.69, 9.17) is 5.11 Å². The molecule has 0 saturated heterocycles. The van der Waals surface area contributed by atoms with Crippen LogP contribution in [0.2, 0.25) is 0 Å². The predicted octanol–water partition coefficient (Wildman–Crippen LogP) is 1.09. The van der Waals surface area contributed by atoms with Crippen LogP contribution in [0.1, 0.15) is 39.5 Å². The maximum absolute atomic E-state index is 10.5. The Morgan fingerprint density at radius 3 is 2.40 bits per heavy atom. The Kier molecular flexibility index (Phi) is 4.11. The van der Waals surface area contributed by atoms with E-state index in [0.29, 0.717) is 19.0 Å². The van der Waals surface area contributed by atoms with E-state index in [9.17, 15) is 9.90 Å². The number of carboxylic acid groups (broad SMARTS) is 1. The summed E-state index contributed by atoms with van der Waals surface area (Å²) in [5, 5.41) is 18.2. The Hall–Kier alpha value is -0.610. The summed E-state index contributed by atoms with van der Waals surface area (Å²) in [4.78, 5) is 12.7. The van der Waals surface area contributed by atoms with E-state index in [-0.39, 0.29) is 6.42 Å². The van der Waals surface area contributed by atoms with Crippen molar-refractivity contribution in [2.45, 2.75) is 51.2 Å². The van der Waals surface area contributed by atoms with Gasteiger partial charge in [-0.1, -0.05) is 0 Å². The fourth-order valence-corrected chi connectivity index (χ4v) is 1.57. The van der Waals surface area contributed by atoms with E-state index >= 15 is 0 Å². The largest absolute Gasteiger partial charge is 0.481 e. The maximum Gasteiger partial charge on any atom is 0.304 e. The molecule has 4 heteroatoms. The first-order valence-corrected chi connectivity index (χ1v) is 5.57. The molecule has 1 fully saturated rings. The van der Waals surface area contributed by atoms with Crippen molar-refractivity contribution in [3.63, 3.8) is 0 Å². The molecule has 0 heterocycles. The smallest absolute Gasteiger partial charge is 0.304 e. The molecular formula is C11H21NO3. The Balaban J connectivity index is 2.27. The van der Waals surface area contributed by atoms with Crippen LogP contribution in [0.5, 0.6) is 0 Å². The molecule has 0 aliphatic heterocycles. The van der Waals surface area contributed by atoms with E-state index in [1.54, 1.807) is 13.8 Å². The second kappa shape index (κ2) is 4.94. The average Bonchev–Trinajstić information content (AvgIpc) is 2.85. The highest BCUT2D eigenvalue weighted by Gasteiger charge is 2.29. The SMILES string of the molecule is CC(C)(O)CCN(CCC(=O)O)C1CC1. The monoisotopic (exact) mass is 215 g/mol. The zero-order valence-electron chi connectivity index (χ0n) is 9.57. The van der Waals surface area contributed by atoms with Crippen LogP contribution in [0, 0.1) is 0 Å². The first-order chi connectivity index (χ1) is 6.88. The van der Waals surface area contributed by atoms with Gasteiger partial charge < -0.3 is 10.2 Å². The number of hydrogen-bond acceptors (Lipinski definition) is 3. The second-order valence-corrected chi connectivity index (χ2v) is 4.97. The fourth-order valence-electron chi connectivity index (χ4n) is 1.57. The summed E-state index contributed by atoms with van der Waals surface area (Å²) in [7, 11) is 0. The molecule has 0 spiro atoms. The van der Waals surface area contributed by atoms with Gasteiger partial charge in [-0.3, -0.25) is 9.69 Å². The van der Waals surface area contributed by atoms with E-state index in [0.717, 1.165) is 6.54 Å². The van der Waals surface area contributed by atoms with Gasteiger partial charge >= 0.3 is 5.97 Å². The third kappa shape index (κ3) is 5.74. The van der Waals surface area contributed by atoms with Crippen molar-refractivity contribution in [3.8, 4) is 0 Å².